The van der Waals surface area contributed by atoms with Crippen LogP contribution in [0.4, 0.5) is 18.9 Å². The second kappa shape index (κ2) is 8.30. The van der Waals surface area contributed by atoms with Crippen LogP contribution in [0.3, 0.4) is 0 Å². The van der Waals surface area contributed by atoms with Crippen molar-refractivity contribution in [3.05, 3.63) is 59.2 Å². The summed E-state index contributed by atoms with van der Waals surface area (Å²) < 4.78 is 53.7. The molecule has 3 fully saturated rings. The number of benzene rings is 2. The molecule has 5 atom stereocenters. The average Bonchev–Trinajstić information content (AvgIpc) is 3.39. The number of alkyl halides is 3. The molecule has 0 spiro atoms. The van der Waals surface area contributed by atoms with Crippen LogP contribution in [0, 0.1) is 34.5 Å². The number of aliphatic hydroxyl groups is 1. The quantitative estimate of drug-likeness (QED) is 0.611. The van der Waals surface area contributed by atoms with E-state index in [4.69, 9.17) is 14.7 Å². The van der Waals surface area contributed by atoms with Crippen LogP contribution in [0.1, 0.15) is 36.5 Å². The van der Waals surface area contributed by atoms with Crippen LogP contribution in [0.2, 0.25) is 0 Å². The second-order valence-electron chi connectivity index (χ2n) is 9.58. The molecule has 0 aromatic heterocycles. The Labute approximate surface area is 209 Å². The number of anilines is 1. The van der Waals surface area contributed by atoms with Gasteiger partial charge in [0.1, 0.15) is 11.4 Å². The maximum atomic E-state index is 13.9. The number of ether oxygens (including phenoxy) is 2. The Morgan fingerprint density at radius 3 is 2.41 bits per heavy atom. The number of aliphatic hydroxyl groups excluding tert-OH is 1. The highest BCUT2D eigenvalue weighted by Crippen LogP contribution is 2.62. The van der Waals surface area contributed by atoms with Crippen molar-refractivity contribution in [1.82, 2.24) is 0 Å². The number of nitrogens with zero attached hydrogens (tertiary/aromatic N) is 3. The van der Waals surface area contributed by atoms with Crippen molar-refractivity contribution in [2.45, 2.75) is 43.2 Å². The first-order valence-corrected chi connectivity index (χ1v) is 11.5. The molecule has 2 amide bonds. The summed E-state index contributed by atoms with van der Waals surface area (Å²) in [4.78, 5) is 27.7. The highest BCUT2D eigenvalue weighted by atomic mass is 19.4. The van der Waals surface area contributed by atoms with Gasteiger partial charge in [-0.1, -0.05) is 6.07 Å². The van der Waals surface area contributed by atoms with Gasteiger partial charge in [-0.05, 0) is 43.3 Å². The van der Waals surface area contributed by atoms with Gasteiger partial charge in [-0.3, -0.25) is 9.59 Å². The van der Waals surface area contributed by atoms with Gasteiger partial charge < -0.3 is 14.6 Å². The second-order valence-corrected chi connectivity index (χ2v) is 9.58. The monoisotopic (exact) mass is 511 g/mol. The molecule has 5 unspecified atom stereocenters. The lowest BCUT2D eigenvalue weighted by atomic mass is 9.66. The third kappa shape index (κ3) is 3.57. The first-order valence-electron chi connectivity index (χ1n) is 11.5. The van der Waals surface area contributed by atoms with Crippen molar-refractivity contribution in [2.75, 3.05) is 11.5 Å². The number of halogens is 3. The number of carbonyl (C=O) groups excluding carboxylic acids is 2. The minimum atomic E-state index is -4.99. The molecule has 2 bridgehead atoms. The molecule has 8 nitrogen and oxygen atoms in total. The third-order valence-corrected chi connectivity index (χ3v) is 7.58. The number of rotatable bonds is 5. The maximum absolute atomic E-state index is 13.9. The Morgan fingerprint density at radius 2 is 1.78 bits per heavy atom. The molecule has 11 heteroatoms. The molecule has 0 aliphatic carbocycles. The predicted molar refractivity (Wildman–Crippen MR) is 120 cm³/mol. The van der Waals surface area contributed by atoms with Crippen LogP contribution in [-0.4, -0.2) is 40.8 Å². The first-order chi connectivity index (χ1) is 17.5. The summed E-state index contributed by atoms with van der Waals surface area (Å²) in [6, 6.07) is 12.9. The van der Waals surface area contributed by atoms with Crippen LogP contribution in [-0.2, 0) is 20.5 Å². The summed E-state index contributed by atoms with van der Waals surface area (Å²) in [6.07, 6.45) is -6.05. The van der Waals surface area contributed by atoms with Gasteiger partial charge in [0, 0.05) is 12.8 Å². The highest BCUT2D eigenvalue weighted by molar-refractivity contribution is 6.23. The van der Waals surface area contributed by atoms with Crippen molar-refractivity contribution < 1.29 is 37.3 Å². The van der Waals surface area contributed by atoms with Gasteiger partial charge in [0.25, 0.3) is 0 Å². The summed E-state index contributed by atoms with van der Waals surface area (Å²) in [6.45, 7) is 1.51. The Bertz CT molecular complexity index is 1380. The van der Waals surface area contributed by atoms with Crippen LogP contribution in [0.15, 0.2) is 42.5 Å². The largest absolute Gasteiger partial charge is 0.493 e. The molecule has 3 aliphatic heterocycles. The Morgan fingerprint density at radius 1 is 1.11 bits per heavy atom. The fourth-order valence-corrected chi connectivity index (χ4v) is 5.95. The average molecular weight is 511 g/mol. The molecule has 5 rings (SSSR count). The fourth-order valence-electron chi connectivity index (χ4n) is 5.95. The zero-order chi connectivity index (χ0) is 26.8. The van der Waals surface area contributed by atoms with E-state index in [1.165, 1.54) is 19.1 Å². The number of hydrogen-bond acceptors (Lipinski definition) is 7. The van der Waals surface area contributed by atoms with Crippen LogP contribution in [0.25, 0.3) is 0 Å². The van der Waals surface area contributed by atoms with E-state index in [1.807, 2.05) is 6.07 Å². The van der Waals surface area contributed by atoms with Gasteiger partial charge in [-0.25, -0.2) is 4.90 Å². The van der Waals surface area contributed by atoms with Gasteiger partial charge in [0.05, 0.1) is 64.7 Å². The van der Waals surface area contributed by atoms with Gasteiger partial charge in [-0.2, -0.15) is 23.7 Å². The van der Waals surface area contributed by atoms with Crippen LogP contribution in [0.5, 0.6) is 5.75 Å². The molecule has 3 heterocycles. The third-order valence-electron chi connectivity index (χ3n) is 7.58. The number of amides is 2. The Kier molecular flexibility index (Phi) is 5.55. The van der Waals surface area contributed by atoms with Crippen LogP contribution >= 0.6 is 0 Å². The van der Waals surface area contributed by atoms with Gasteiger partial charge in [0.15, 0.2) is 0 Å². The normalized spacial score (nSPS) is 30.2. The van der Waals surface area contributed by atoms with Gasteiger partial charge in [-0.15, -0.1) is 0 Å². The van der Waals surface area contributed by atoms with E-state index in [0.29, 0.717) is 16.2 Å². The maximum Gasteiger partial charge on any atom is 0.419 e. The van der Waals surface area contributed by atoms with E-state index in [9.17, 15) is 33.1 Å². The number of hydrogen-bond donors (Lipinski definition) is 1. The zero-order valence-electron chi connectivity index (χ0n) is 19.5. The standard InChI is InChI=1S/C26H20F3N3O5/c1-24-18(33)11-25(37-24,9-10-36-16-7-5-14(12-30)6-8-16)21-20(24)22(34)32(23(21)35)17-4-2-3-15(13-31)19(17)26(27,28)29/h2-8,18,20-21,33H,9-11H2,1H3. The van der Waals surface area contributed by atoms with E-state index in [0.717, 1.165) is 12.1 Å². The molecule has 0 radical (unpaired) electrons. The first kappa shape index (κ1) is 24.8. The molecule has 0 saturated carbocycles. The number of fused-ring (bicyclic) bond motifs is 5. The molecule has 190 valence electrons. The predicted octanol–water partition coefficient (Wildman–Crippen LogP) is 3.32. The number of imide groups is 1. The lowest BCUT2D eigenvalue weighted by Crippen LogP contribution is -2.49. The molecule has 3 saturated heterocycles. The zero-order valence-corrected chi connectivity index (χ0v) is 19.5. The summed E-state index contributed by atoms with van der Waals surface area (Å²) in [5, 5.41) is 29.0. The van der Waals surface area contributed by atoms with E-state index in [-0.39, 0.29) is 19.4 Å². The summed E-state index contributed by atoms with van der Waals surface area (Å²) >= 11 is 0. The molecular weight excluding hydrogens is 491 g/mol. The van der Waals surface area contributed by atoms with Crippen molar-refractivity contribution in [3.8, 4) is 17.9 Å². The number of nitriles is 2. The Hall–Kier alpha value is -3.93. The van der Waals surface area contributed by atoms with Gasteiger partial charge >= 0.3 is 6.18 Å². The summed E-state index contributed by atoms with van der Waals surface area (Å²) in [7, 11) is 0. The van der Waals surface area contributed by atoms with E-state index in [2.05, 4.69) is 0 Å². The Balaban J connectivity index is 1.48. The van der Waals surface area contributed by atoms with E-state index >= 15 is 0 Å². The molecule has 1 N–H and O–H groups in total. The van der Waals surface area contributed by atoms with E-state index < -0.39 is 63.9 Å². The van der Waals surface area contributed by atoms with Crippen LogP contribution < -0.4 is 9.64 Å². The summed E-state index contributed by atoms with van der Waals surface area (Å²) in [5.74, 6) is -3.67. The molecule has 37 heavy (non-hydrogen) atoms. The molecule has 2 aromatic rings. The minimum Gasteiger partial charge on any atom is -0.493 e. The molecule has 3 aliphatic rings. The SMILES string of the molecule is CC12OC(CCOc3ccc(C#N)cc3)(CC1O)C1C(=O)N(c3cccc(C#N)c3C(F)(F)F)C(=O)C12. The van der Waals surface area contributed by atoms with E-state index in [1.54, 1.807) is 24.3 Å². The number of carbonyl (C=O) groups is 2. The smallest absolute Gasteiger partial charge is 0.419 e. The van der Waals surface area contributed by atoms with Crippen molar-refractivity contribution in [1.29, 1.82) is 10.5 Å². The van der Waals surface area contributed by atoms with Crippen molar-refractivity contribution in [3.63, 3.8) is 0 Å². The lowest BCUT2D eigenvalue weighted by Gasteiger charge is -2.33. The van der Waals surface area contributed by atoms with Crippen molar-refractivity contribution in [2.24, 2.45) is 11.8 Å². The minimum absolute atomic E-state index is 0.00137. The lowest BCUT2D eigenvalue weighted by molar-refractivity contribution is -0.138. The van der Waals surface area contributed by atoms with Crippen molar-refractivity contribution >= 4 is 17.5 Å². The molecular formula is C26H20F3N3O5. The topological polar surface area (TPSA) is 124 Å². The van der Waals surface area contributed by atoms with Gasteiger partial charge in [0.2, 0.25) is 11.8 Å². The fraction of sp³-hybridized carbons (Fsp3) is 0.385. The molecule has 2 aromatic carbocycles. The summed E-state index contributed by atoms with van der Waals surface area (Å²) in [5.41, 5.74) is -5.16. The highest BCUT2D eigenvalue weighted by Gasteiger charge is 2.77.